The molecule has 1 unspecified atom stereocenters. The molecule has 142 valence electrons. The SMILES string of the molecule is Cc1ccc(OC2CCC(c3nnc(C)n3C3C=CC(Cl)=CC3)CC2)nc1. The highest BCUT2D eigenvalue weighted by atomic mass is 35.5. The van der Waals surface area contributed by atoms with Crippen LogP contribution in [0.25, 0.3) is 0 Å². The van der Waals surface area contributed by atoms with E-state index in [0.29, 0.717) is 5.92 Å². The van der Waals surface area contributed by atoms with Gasteiger partial charge < -0.3 is 9.30 Å². The molecule has 6 heteroatoms. The van der Waals surface area contributed by atoms with Gasteiger partial charge in [-0.2, -0.15) is 0 Å². The molecular weight excluding hydrogens is 360 g/mol. The largest absolute Gasteiger partial charge is 0.474 e. The standard InChI is InChI=1S/C21H25ClN4O/c1-14-3-12-20(23-13-14)27-19-10-4-16(5-11-19)21-25-24-15(2)26(21)18-8-6-17(22)7-9-18/h3,6-8,12-13,16,18-19H,4-5,9-11H2,1-2H3. The van der Waals surface area contributed by atoms with Gasteiger partial charge in [0.15, 0.2) is 0 Å². The zero-order valence-electron chi connectivity index (χ0n) is 15.8. The van der Waals surface area contributed by atoms with E-state index in [4.69, 9.17) is 16.3 Å². The van der Waals surface area contributed by atoms with Crippen LogP contribution in [0.2, 0.25) is 0 Å². The van der Waals surface area contributed by atoms with Crippen LogP contribution in [0.4, 0.5) is 0 Å². The molecule has 0 amide bonds. The van der Waals surface area contributed by atoms with E-state index in [0.717, 1.165) is 60.2 Å². The molecule has 2 heterocycles. The van der Waals surface area contributed by atoms with Crippen molar-refractivity contribution in [2.75, 3.05) is 0 Å². The number of rotatable bonds is 4. The van der Waals surface area contributed by atoms with Crippen LogP contribution in [-0.2, 0) is 0 Å². The summed E-state index contributed by atoms with van der Waals surface area (Å²) in [5.74, 6) is 3.21. The van der Waals surface area contributed by atoms with Crippen molar-refractivity contribution < 1.29 is 4.74 Å². The van der Waals surface area contributed by atoms with E-state index in [2.05, 4.69) is 31.9 Å². The third-order valence-corrected chi connectivity index (χ3v) is 5.75. The lowest BCUT2D eigenvalue weighted by Crippen LogP contribution is -2.26. The molecule has 1 fully saturated rings. The molecule has 1 atom stereocenters. The quantitative estimate of drug-likeness (QED) is 0.742. The molecule has 0 spiro atoms. The Bertz CT molecular complexity index is 848. The zero-order chi connectivity index (χ0) is 18.8. The Labute approximate surface area is 165 Å². The molecule has 2 aromatic heterocycles. The molecule has 4 rings (SSSR count). The predicted molar refractivity (Wildman–Crippen MR) is 106 cm³/mol. The van der Waals surface area contributed by atoms with Crippen LogP contribution >= 0.6 is 11.6 Å². The first-order valence-electron chi connectivity index (χ1n) is 9.64. The number of aryl methyl sites for hydroxylation is 2. The van der Waals surface area contributed by atoms with Crippen molar-refractivity contribution in [1.29, 1.82) is 0 Å². The lowest BCUT2D eigenvalue weighted by atomic mass is 9.86. The lowest BCUT2D eigenvalue weighted by Gasteiger charge is -2.29. The second-order valence-electron chi connectivity index (χ2n) is 7.49. The van der Waals surface area contributed by atoms with E-state index < -0.39 is 0 Å². The molecule has 5 nitrogen and oxygen atoms in total. The van der Waals surface area contributed by atoms with Crippen LogP contribution in [-0.4, -0.2) is 25.9 Å². The first-order valence-corrected chi connectivity index (χ1v) is 10.0. The maximum absolute atomic E-state index is 6.08. The van der Waals surface area contributed by atoms with Gasteiger partial charge in [-0.15, -0.1) is 10.2 Å². The molecule has 2 aliphatic carbocycles. The van der Waals surface area contributed by atoms with E-state index in [1.165, 1.54) is 0 Å². The minimum atomic E-state index is 0.227. The molecule has 27 heavy (non-hydrogen) atoms. The van der Waals surface area contributed by atoms with Crippen molar-refractivity contribution in [3.63, 3.8) is 0 Å². The number of hydrogen-bond donors (Lipinski definition) is 0. The summed E-state index contributed by atoms with van der Waals surface area (Å²) < 4.78 is 8.35. The van der Waals surface area contributed by atoms with E-state index in [9.17, 15) is 0 Å². The fraction of sp³-hybridized carbons (Fsp3) is 0.476. The third kappa shape index (κ3) is 4.08. The van der Waals surface area contributed by atoms with Crippen LogP contribution < -0.4 is 4.74 Å². The summed E-state index contributed by atoms with van der Waals surface area (Å²) in [4.78, 5) is 4.36. The van der Waals surface area contributed by atoms with Gasteiger partial charge in [0.1, 0.15) is 17.8 Å². The van der Waals surface area contributed by atoms with Crippen molar-refractivity contribution in [3.8, 4) is 5.88 Å². The van der Waals surface area contributed by atoms with Gasteiger partial charge in [0.25, 0.3) is 0 Å². The fourth-order valence-corrected chi connectivity index (χ4v) is 4.14. The van der Waals surface area contributed by atoms with Crippen molar-refractivity contribution in [1.82, 2.24) is 19.7 Å². The Kier molecular flexibility index (Phi) is 5.30. The molecule has 0 aromatic carbocycles. The highest BCUT2D eigenvalue weighted by Gasteiger charge is 2.29. The maximum atomic E-state index is 6.08. The summed E-state index contributed by atoms with van der Waals surface area (Å²) in [6.45, 7) is 4.06. The Morgan fingerprint density at radius 1 is 1.11 bits per heavy atom. The van der Waals surface area contributed by atoms with Gasteiger partial charge in [-0.3, -0.25) is 0 Å². The van der Waals surface area contributed by atoms with Crippen molar-refractivity contribution in [3.05, 3.63) is 58.8 Å². The van der Waals surface area contributed by atoms with Gasteiger partial charge >= 0.3 is 0 Å². The van der Waals surface area contributed by atoms with Crippen LogP contribution in [0.15, 0.2) is 41.6 Å². The van der Waals surface area contributed by atoms with Crippen molar-refractivity contribution in [2.24, 2.45) is 0 Å². The predicted octanol–water partition coefficient (Wildman–Crippen LogP) is 5.02. The minimum Gasteiger partial charge on any atom is -0.474 e. The first kappa shape index (κ1) is 18.2. The molecule has 0 saturated heterocycles. The number of nitrogens with zero attached hydrogens (tertiary/aromatic N) is 4. The minimum absolute atomic E-state index is 0.227. The summed E-state index contributed by atoms with van der Waals surface area (Å²) in [5, 5.41) is 9.70. The fourth-order valence-electron chi connectivity index (χ4n) is 3.98. The number of hydrogen-bond acceptors (Lipinski definition) is 4. The van der Waals surface area contributed by atoms with Crippen molar-refractivity contribution >= 4 is 11.6 Å². The Morgan fingerprint density at radius 3 is 2.59 bits per heavy atom. The lowest BCUT2D eigenvalue weighted by molar-refractivity contribution is 0.138. The molecular formula is C21H25ClN4O. The zero-order valence-corrected chi connectivity index (χ0v) is 16.6. The van der Waals surface area contributed by atoms with E-state index >= 15 is 0 Å². The summed E-state index contributed by atoms with van der Waals surface area (Å²) in [6, 6.07) is 4.25. The number of pyridine rings is 1. The van der Waals surface area contributed by atoms with E-state index in [-0.39, 0.29) is 12.1 Å². The van der Waals surface area contributed by atoms with Gasteiger partial charge in [-0.25, -0.2) is 4.98 Å². The van der Waals surface area contributed by atoms with Gasteiger partial charge in [-0.05, 0) is 57.6 Å². The molecule has 2 aromatic rings. The van der Waals surface area contributed by atoms with Gasteiger partial charge in [0.2, 0.25) is 5.88 Å². The second-order valence-corrected chi connectivity index (χ2v) is 7.93. The summed E-state index contributed by atoms with van der Waals surface area (Å²) >= 11 is 6.08. The molecule has 0 N–H and O–H groups in total. The monoisotopic (exact) mass is 384 g/mol. The smallest absolute Gasteiger partial charge is 0.213 e. The number of ether oxygens (including phenoxy) is 1. The molecule has 2 aliphatic rings. The number of halogens is 1. The van der Waals surface area contributed by atoms with Gasteiger partial charge in [0.05, 0.1) is 6.04 Å². The highest BCUT2D eigenvalue weighted by molar-refractivity contribution is 6.31. The van der Waals surface area contributed by atoms with Gasteiger partial charge in [0, 0.05) is 23.2 Å². The molecule has 1 saturated carbocycles. The first-order chi connectivity index (χ1) is 13.1. The van der Waals surface area contributed by atoms with Crippen LogP contribution in [0.1, 0.15) is 61.3 Å². The Balaban J connectivity index is 1.41. The van der Waals surface area contributed by atoms with Crippen molar-refractivity contribution in [2.45, 2.75) is 64.0 Å². The van der Waals surface area contributed by atoms with Crippen LogP contribution in [0.3, 0.4) is 0 Å². The van der Waals surface area contributed by atoms with E-state index in [1.54, 1.807) is 0 Å². The summed E-state index contributed by atoms with van der Waals surface area (Å²) in [7, 11) is 0. The summed E-state index contributed by atoms with van der Waals surface area (Å²) in [5.41, 5.74) is 1.15. The Morgan fingerprint density at radius 2 is 1.93 bits per heavy atom. The van der Waals surface area contributed by atoms with Crippen LogP contribution in [0, 0.1) is 13.8 Å². The molecule has 0 bridgehead atoms. The maximum Gasteiger partial charge on any atom is 0.213 e. The number of aromatic nitrogens is 4. The third-order valence-electron chi connectivity index (χ3n) is 5.47. The highest BCUT2D eigenvalue weighted by Crippen LogP contribution is 2.36. The Hall–Kier alpha value is -2.14. The second kappa shape index (κ2) is 7.85. The molecule has 0 aliphatic heterocycles. The van der Waals surface area contributed by atoms with Crippen LogP contribution in [0.5, 0.6) is 5.88 Å². The summed E-state index contributed by atoms with van der Waals surface area (Å²) in [6.07, 6.45) is 13.3. The average Bonchev–Trinajstić information content (AvgIpc) is 3.06. The van der Waals surface area contributed by atoms with Gasteiger partial charge in [-0.1, -0.05) is 29.8 Å². The van der Waals surface area contributed by atoms with E-state index in [1.807, 2.05) is 38.3 Å². The topological polar surface area (TPSA) is 52.8 Å². The number of allylic oxidation sites excluding steroid dienone is 4. The average molecular weight is 385 g/mol. The molecule has 0 radical (unpaired) electrons. The normalized spacial score (nSPS) is 25.3.